The number of rotatable bonds is 7. The lowest BCUT2D eigenvalue weighted by atomic mass is 10.0. The van der Waals surface area contributed by atoms with Gasteiger partial charge >= 0.3 is 0 Å². The van der Waals surface area contributed by atoms with Gasteiger partial charge in [-0.15, -0.1) is 0 Å². The number of aromatic nitrogens is 3. The van der Waals surface area contributed by atoms with Crippen molar-refractivity contribution in [3.63, 3.8) is 0 Å². The number of hydrogen-bond acceptors (Lipinski definition) is 9. The molecule has 4 N–H and O–H groups in total. The molecule has 0 spiro atoms. The Hall–Kier alpha value is -4.48. The molecule has 2 aromatic heterocycles. The van der Waals surface area contributed by atoms with E-state index in [-0.39, 0.29) is 23.2 Å². The molecule has 194 valence electrons. The SMILES string of the molecule is O=C(NNc1ncc(F)c(N2CCOCC2)n1)c1ccc(Nc2ccc(-c3cccc(O)c3)c(Cl)c2)cn1. The Morgan fingerprint density at radius 3 is 2.58 bits per heavy atom. The summed E-state index contributed by atoms with van der Waals surface area (Å²) in [5.74, 6) is -0.719. The summed E-state index contributed by atoms with van der Waals surface area (Å²) < 4.78 is 19.5. The summed E-state index contributed by atoms with van der Waals surface area (Å²) in [5, 5.41) is 13.4. The normalized spacial score (nSPS) is 13.2. The van der Waals surface area contributed by atoms with Crippen molar-refractivity contribution in [2.24, 2.45) is 0 Å². The molecule has 1 aliphatic rings. The van der Waals surface area contributed by atoms with Crippen LogP contribution in [0.4, 0.5) is 27.5 Å². The number of hydrogen-bond donors (Lipinski definition) is 4. The summed E-state index contributed by atoms with van der Waals surface area (Å²) in [6, 6.07) is 15.6. The highest BCUT2D eigenvalue weighted by atomic mass is 35.5. The Labute approximate surface area is 222 Å². The van der Waals surface area contributed by atoms with Crippen LogP contribution in [0, 0.1) is 5.82 Å². The number of phenols is 1. The first-order valence-electron chi connectivity index (χ1n) is 11.7. The van der Waals surface area contributed by atoms with Gasteiger partial charge in [0.15, 0.2) is 11.6 Å². The maximum Gasteiger partial charge on any atom is 0.288 e. The van der Waals surface area contributed by atoms with Crippen LogP contribution in [-0.4, -0.2) is 52.3 Å². The highest BCUT2D eigenvalue weighted by Gasteiger charge is 2.18. The number of morpholine rings is 1. The predicted octanol–water partition coefficient (Wildman–Crippen LogP) is 4.37. The maximum absolute atomic E-state index is 14.2. The lowest BCUT2D eigenvalue weighted by molar-refractivity contribution is 0.0957. The zero-order valence-electron chi connectivity index (χ0n) is 20.0. The molecule has 0 atom stereocenters. The number of ether oxygens (including phenoxy) is 1. The first kappa shape index (κ1) is 25.2. The minimum Gasteiger partial charge on any atom is -0.508 e. The lowest BCUT2D eigenvalue weighted by Crippen LogP contribution is -2.38. The number of nitrogens with zero attached hydrogens (tertiary/aromatic N) is 4. The van der Waals surface area contributed by atoms with E-state index in [0.717, 1.165) is 23.0 Å². The molecule has 38 heavy (non-hydrogen) atoms. The van der Waals surface area contributed by atoms with Crippen molar-refractivity contribution in [3.05, 3.63) is 83.5 Å². The molecule has 0 aliphatic carbocycles. The number of nitrogens with one attached hydrogen (secondary N) is 3. The van der Waals surface area contributed by atoms with Gasteiger partial charge in [-0.3, -0.25) is 15.6 Å². The van der Waals surface area contributed by atoms with Gasteiger partial charge in [-0.1, -0.05) is 29.8 Å². The molecule has 0 saturated carbocycles. The van der Waals surface area contributed by atoms with Gasteiger partial charge in [-0.25, -0.2) is 14.4 Å². The van der Waals surface area contributed by atoms with Crippen LogP contribution in [0.5, 0.6) is 5.75 Å². The van der Waals surface area contributed by atoms with Crippen molar-refractivity contribution < 1.29 is 19.0 Å². The average molecular weight is 536 g/mol. The van der Waals surface area contributed by atoms with E-state index in [2.05, 4.69) is 31.1 Å². The Bertz CT molecular complexity index is 1450. The van der Waals surface area contributed by atoms with Gasteiger partial charge in [0.2, 0.25) is 5.95 Å². The largest absolute Gasteiger partial charge is 0.508 e. The molecule has 0 radical (unpaired) electrons. The van der Waals surface area contributed by atoms with E-state index in [1.165, 1.54) is 6.20 Å². The third-order valence-corrected chi connectivity index (χ3v) is 6.05. The third kappa shape index (κ3) is 5.90. The van der Waals surface area contributed by atoms with Crippen LogP contribution in [0.1, 0.15) is 10.5 Å². The number of benzene rings is 2. The number of hydrazine groups is 1. The van der Waals surface area contributed by atoms with E-state index >= 15 is 0 Å². The van der Waals surface area contributed by atoms with E-state index in [1.807, 2.05) is 18.2 Å². The molecule has 1 amide bonds. The Morgan fingerprint density at radius 2 is 1.84 bits per heavy atom. The molecular formula is C26H23ClFN7O3. The topological polar surface area (TPSA) is 125 Å². The summed E-state index contributed by atoms with van der Waals surface area (Å²) in [7, 11) is 0. The second-order valence-electron chi connectivity index (χ2n) is 8.35. The molecule has 0 bridgehead atoms. The van der Waals surface area contributed by atoms with E-state index in [9.17, 15) is 14.3 Å². The highest BCUT2D eigenvalue weighted by Crippen LogP contribution is 2.32. The van der Waals surface area contributed by atoms with Crippen molar-refractivity contribution in [2.45, 2.75) is 0 Å². The molecule has 10 nitrogen and oxygen atoms in total. The molecule has 5 rings (SSSR count). The summed E-state index contributed by atoms with van der Waals surface area (Å²) in [4.78, 5) is 26.5. The maximum atomic E-state index is 14.2. The number of anilines is 4. The Kier molecular flexibility index (Phi) is 7.47. The van der Waals surface area contributed by atoms with Crippen LogP contribution >= 0.6 is 11.6 Å². The third-order valence-electron chi connectivity index (χ3n) is 5.74. The molecule has 1 aliphatic heterocycles. The minimum absolute atomic E-state index is 0.0468. The fourth-order valence-corrected chi connectivity index (χ4v) is 4.15. The number of pyridine rings is 1. The standard InChI is InChI=1S/C26H23ClFN7O3/c27-21-13-17(4-6-20(21)16-2-1-3-19(36)12-16)31-18-5-7-23(29-14-18)25(37)33-34-26-30-15-22(28)24(32-26)35-8-10-38-11-9-35/h1-7,12-15,31,36H,8-11H2,(H,33,37)(H,30,32,34). The van der Waals surface area contributed by atoms with Crippen LogP contribution in [0.2, 0.25) is 5.02 Å². The van der Waals surface area contributed by atoms with Crippen molar-refractivity contribution in [3.8, 4) is 16.9 Å². The van der Waals surface area contributed by atoms with E-state index in [4.69, 9.17) is 16.3 Å². The molecule has 1 fully saturated rings. The zero-order valence-corrected chi connectivity index (χ0v) is 20.7. The summed E-state index contributed by atoms with van der Waals surface area (Å²) >= 11 is 6.46. The van der Waals surface area contributed by atoms with E-state index in [1.54, 1.807) is 41.3 Å². The van der Waals surface area contributed by atoms with Gasteiger partial charge in [0.25, 0.3) is 5.91 Å². The number of carbonyl (C=O) groups excluding carboxylic acids is 1. The van der Waals surface area contributed by atoms with Crippen LogP contribution in [0.15, 0.2) is 67.0 Å². The van der Waals surface area contributed by atoms with E-state index in [0.29, 0.717) is 37.0 Å². The van der Waals surface area contributed by atoms with E-state index < -0.39 is 11.7 Å². The quantitative estimate of drug-likeness (QED) is 0.255. The Morgan fingerprint density at radius 1 is 1.03 bits per heavy atom. The molecule has 2 aromatic carbocycles. The summed E-state index contributed by atoms with van der Waals surface area (Å²) in [6.07, 6.45) is 2.56. The second-order valence-corrected chi connectivity index (χ2v) is 8.75. The number of carbonyl (C=O) groups is 1. The smallest absolute Gasteiger partial charge is 0.288 e. The fourth-order valence-electron chi connectivity index (χ4n) is 3.86. The summed E-state index contributed by atoms with van der Waals surface area (Å²) in [5.41, 5.74) is 8.18. The van der Waals surface area contributed by atoms with Crippen molar-refractivity contribution in [2.75, 3.05) is 41.9 Å². The zero-order chi connectivity index (χ0) is 26.5. The monoisotopic (exact) mass is 535 g/mol. The number of amides is 1. The van der Waals surface area contributed by atoms with Crippen molar-refractivity contribution in [1.82, 2.24) is 20.4 Å². The van der Waals surface area contributed by atoms with Crippen LogP contribution in [0.25, 0.3) is 11.1 Å². The van der Waals surface area contributed by atoms with Gasteiger partial charge < -0.3 is 20.1 Å². The second kappa shape index (κ2) is 11.3. The minimum atomic E-state index is -0.552. The Balaban J connectivity index is 1.19. The summed E-state index contributed by atoms with van der Waals surface area (Å²) in [6.45, 7) is 1.99. The predicted molar refractivity (Wildman–Crippen MR) is 142 cm³/mol. The van der Waals surface area contributed by atoms with Gasteiger partial charge in [-0.2, -0.15) is 4.98 Å². The first-order chi connectivity index (χ1) is 18.5. The fraction of sp³-hybridized carbons (Fsp3) is 0.154. The van der Waals surface area contributed by atoms with Crippen molar-refractivity contribution in [1.29, 1.82) is 0 Å². The van der Waals surface area contributed by atoms with Gasteiger partial charge in [0.05, 0.1) is 36.3 Å². The number of halogens is 2. The van der Waals surface area contributed by atoms with Gasteiger partial charge in [0, 0.05) is 24.3 Å². The van der Waals surface area contributed by atoms with Gasteiger partial charge in [0.1, 0.15) is 11.4 Å². The highest BCUT2D eigenvalue weighted by molar-refractivity contribution is 6.33. The number of phenolic OH excluding ortho intramolecular Hbond substituents is 1. The molecular weight excluding hydrogens is 513 g/mol. The van der Waals surface area contributed by atoms with Crippen LogP contribution < -0.4 is 21.1 Å². The van der Waals surface area contributed by atoms with Crippen LogP contribution in [0.3, 0.4) is 0 Å². The number of aromatic hydroxyl groups is 1. The van der Waals surface area contributed by atoms with Crippen molar-refractivity contribution >= 4 is 40.6 Å². The van der Waals surface area contributed by atoms with Gasteiger partial charge in [-0.05, 0) is 42.0 Å². The van der Waals surface area contributed by atoms with Crippen LogP contribution in [-0.2, 0) is 4.74 Å². The first-order valence-corrected chi connectivity index (χ1v) is 12.1. The molecule has 12 heteroatoms. The lowest BCUT2D eigenvalue weighted by Gasteiger charge is -2.28. The molecule has 0 unspecified atom stereocenters. The molecule has 4 aromatic rings. The molecule has 3 heterocycles. The average Bonchev–Trinajstić information content (AvgIpc) is 2.93. The molecule has 1 saturated heterocycles.